The highest BCUT2D eigenvalue weighted by atomic mass is 35.5. The van der Waals surface area contributed by atoms with E-state index in [1.807, 2.05) is 24.3 Å². The van der Waals surface area contributed by atoms with Crippen molar-refractivity contribution in [1.29, 1.82) is 0 Å². The lowest BCUT2D eigenvalue weighted by Gasteiger charge is -2.27. The first kappa shape index (κ1) is 21.6. The molecule has 2 aromatic rings. The zero-order valence-electron chi connectivity index (χ0n) is 16.6. The molecular weight excluding hydrogens is 444 g/mol. The monoisotopic (exact) mass is 466 g/mol. The van der Waals surface area contributed by atoms with Crippen molar-refractivity contribution >= 4 is 45.0 Å². The van der Waals surface area contributed by atoms with Gasteiger partial charge in [-0.3, -0.25) is 4.79 Å². The molecule has 1 unspecified atom stereocenters. The Balaban J connectivity index is 1.71. The van der Waals surface area contributed by atoms with Crippen molar-refractivity contribution in [3.8, 4) is 0 Å². The number of carbonyl (C=O) groups excluding carboxylic acids is 1. The van der Waals surface area contributed by atoms with Gasteiger partial charge < -0.3 is 9.64 Å². The van der Waals surface area contributed by atoms with E-state index in [2.05, 4.69) is 6.92 Å². The van der Waals surface area contributed by atoms with Crippen molar-refractivity contribution in [3.05, 3.63) is 53.1 Å². The van der Waals surface area contributed by atoms with Crippen LogP contribution in [0.1, 0.15) is 23.7 Å². The highest BCUT2D eigenvalue weighted by Crippen LogP contribution is 2.38. The lowest BCUT2D eigenvalue weighted by Crippen LogP contribution is -2.40. The maximum absolute atomic E-state index is 13.5. The lowest BCUT2D eigenvalue weighted by molar-refractivity contribution is 0.0730. The van der Waals surface area contributed by atoms with Gasteiger partial charge in [-0.25, -0.2) is 8.42 Å². The van der Waals surface area contributed by atoms with Crippen LogP contribution in [0.4, 0.5) is 5.69 Å². The van der Waals surface area contributed by atoms with Gasteiger partial charge in [0.15, 0.2) is 0 Å². The Morgan fingerprint density at radius 1 is 1.13 bits per heavy atom. The fraction of sp³-hybridized carbons (Fsp3) is 0.381. The van der Waals surface area contributed by atoms with Crippen LogP contribution in [0.25, 0.3) is 0 Å². The summed E-state index contributed by atoms with van der Waals surface area (Å²) in [5.74, 6) is -0.291. The molecule has 1 fully saturated rings. The smallest absolute Gasteiger partial charge is 0.259 e. The van der Waals surface area contributed by atoms with E-state index < -0.39 is 10.0 Å². The molecule has 0 aliphatic carbocycles. The van der Waals surface area contributed by atoms with Crippen molar-refractivity contribution in [1.82, 2.24) is 4.31 Å². The number of amides is 1. The molecule has 30 heavy (non-hydrogen) atoms. The number of benzene rings is 2. The van der Waals surface area contributed by atoms with Crippen LogP contribution in [0, 0.1) is 0 Å². The van der Waals surface area contributed by atoms with Crippen molar-refractivity contribution < 1.29 is 17.9 Å². The van der Waals surface area contributed by atoms with E-state index in [0.29, 0.717) is 38.1 Å². The van der Waals surface area contributed by atoms with Gasteiger partial charge in [0.05, 0.1) is 34.4 Å². The number of carbonyl (C=O) groups is 1. The average molecular weight is 467 g/mol. The van der Waals surface area contributed by atoms with Crippen molar-refractivity contribution in [2.24, 2.45) is 0 Å². The second-order valence-electron chi connectivity index (χ2n) is 7.30. The number of morpholine rings is 1. The number of hydrogen-bond donors (Lipinski definition) is 0. The standard InChI is InChI=1S/C21H23ClN2O4S2/c1-15-8-9-24(19-4-2-3-5-20(19)29-15)21(25)17-14-16(6-7-18(17)22)30(26,27)23-10-12-28-13-11-23/h2-7,14-15H,8-13H2,1H3. The summed E-state index contributed by atoms with van der Waals surface area (Å²) < 4.78 is 32.7. The largest absolute Gasteiger partial charge is 0.379 e. The Hall–Kier alpha value is -1.58. The number of para-hydroxylation sites is 1. The van der Waals surface area contributed by atoms with Crippen LogP contribution in [0.15, 0.2) is 52.3 Å². The zero-order valence-corrected chi connectivity index (χ0v) is 19.0. The molecule has 0 spiro atoms. The minimum atomic E-state index is -3.72. The second-order valence-corrected chi connectivity index (χ2v) is 11.1. The Labute approximate surface area is 186 Å². The predicted molar refractivity (Wildman–Crippen MR) is 119 cm³/mol. The fourth-order valence-corrected chi connectivity index (χ4v) is 6.35. The molecule has 0 N–H and O–H groups in total. The first-order valence-corrected chi connectivity index (χ1v) is 12.5. The van der Waals surface area contributed by atoms with Gasteiger partial charge in [-0.2, -0.15) is 4.31 Å². The Morgan fingerprint density at radius 2 is 1.87 bits per heavy atom. The number of anilines is 1. The van der Waals surface area contributed by atoms with E-state index >= 15 is 0 Å². The Kier molecular flexibility index (Phi) is 6.41. The van der Waals surface area contributed by atoms with E-state index in [0.717, 1.165) is 17.0 Å². The van der Waals surface area contributed by atoms with Gasteiger partial charge in [0.25, 0.3) is 5.91 Å². The highest BCUT2D eigenvalue weighted by molar-refractivity contribution is 8.00. The summed E-state index contributed by atoms with van der Waals surface area (Å²) in [6.45, 7) is 3.99. The van der Waals surface area contributed by atoms with Crippen LogP contribution in [0.5, 0.6) is 0 Å². The van der Waals surface area contributed by atoms with Crippen LogP contribution >= 0.6 is 23.4 Å². The molecule has 2 aliphatic heterocycles. The number of sulfonamides is 1. The summed E-state index contributed by atoms with van der Waals surface area (Å²) in [5.41, 5.74) is 1.02. The van der Waals surface area contributed by atoms with Crippen LogP contribution < -0.4 is 4.90 Å². The van der Waals surface area contributed by atoms with Crippen LogP contribution in [-0.2, 0) is 14.8 Å². The number of fused-ring (bicyclic) bond motifs is 1. The Morgan fingerprint density at radius 3 is 2.63 bits per heavy atom. The third-order valence-corrected chi connectivity index (χ3v) is 8.73. The van der Waals surface area contributed by atoms with E-state index in [1.165, 1.54) is 22.5 Å². The number of halogens is 1. The zero-order chi connectivity index (χ0) is 21.3. The molecule has 9 heteroatoms. The minimum absolute atomic E-state index is 0.0722. The molecule has 4 rings (SSSR count). The van der Waals surface area contributed by atoms with Crippen molar-refractivity contribution in [3.63, 3.8) is 0 Å². The summed E-state index contributed by atoms with van der Waals surface area (Å²) in [6, 6.07) is 12.1. The number of thioether (sulfide) groups is 1. The SMILES string of the molecule is CC1CCN(C(=O)c2cc(S(=O)(=O)N3CCOCC3)ccc2Cl)c2ccccc2S1. The number of hydrogen-bond acceptors (Lipinski definition) is 5. The van der Waals surface area contributed by atoms with E-state index in [1.54, 1.807) is 16.7 Å². The summed E-state index contributed by atoms with van der Waals surface area (Å²) in [6.07, 6.45) is 0.828. The molecule has 2 aliphatic rings. The van der Waals surface area contributed by atoms with E-state index in [-0.39, 0.29) is 21.4 Å². The molecule has 0 aromatic heterocycles. The summed E-state index contributed by atoms with van der Waals surface area (Å²) >= 11 is 8.10. The maximum atomic E-state index is 13.5. The van der Waals surface area contributed by atoms with Crippen LogP contribution in [0.3, 0.4) is 0 Å². The average Bonchev–Trinajstić information content (AvgIpc) is 2.92. The highest BCUT2D eigenvalue weighted by Gasteiger charge is 2.30. The normalized spacial score (nSPS) is 20.5. The van der Waals surface area contributed by atoms with Gasteiger partial charge >= 0.3 is 0 Å². The third kappa shape index (κ3) is 4.24. The molecule has 1 saturated heterocycles. The first-order chi connectivity index (χ1) is 14.4. The summed E-state index contributed by atoms with van der Waals surface area (Å²) in [4.78, 5) is 16.3. The number of rotatable bonds is 3. The van der Waals surface area contributed by atoms with E-state index in [9.17, 15) is 13.2 Å². The molecule has 0 radical (unpaired) electrons. The Bertz CT molecular complexity index is 1050. The molecule has 2 aromatic carbocycles. The first-order valence-electron chi connectivity index (χ1n) is 9.83. The van der Waals surface area contributed by atoms with E-state index in [4.69, 9.17) is 16.3 Å². The van der Waals surface area contributed by atoms with Crippen LogP contribution in [-0.4, -0.2) is 56.7 Å². The second kappa shape index (κ2) is 8.88. The maximum Gasteiger partial charge on any atom is 0.259 e. The topological polar surface area (TPSA) is 66.9 Å². The molecule has 1 atom stereocenters. The lowest BCUT2D eigenvalue weighted by atomic mass is 10.1. The summed E-state index contributed by atoms with van der Waals surface area (Å²) in [5, 5.41) is 0.607. The quantitative estimate of drug-likeness (QED) is 0.686. The van der Waals surface area contributed by atoms with Gasteiger partial charge in [0.1, 0.15) is 0 Å². The van der Waals surface area contributed by atoms with Crippen LogP contribution in [0.2, 0.25) is 5.02 Å². The van der Waals surface area contributed by atoms with Gasteiger partial charge in [0, 0.05) is 29.8 Å². The molecule has 6 nitrogen and oxygen atoms in total. The van der Waals surface area contributed by atoms with Gasteiger partial charge in [0.2, 0.25) is 10.0 Å². The third-order valence-electron chi connectivity index (χ3n) is 5.26. The number of ether oxygens (including phenoxy) is 1. The molecular formula is C21H23ClN2O4S2. The molecule has 1 amide bonds. The molecule has 2 heterocycles. The molecule has 0 bridgehead atoms. The van der Waals surface area contributed by atoms with Crippen molar-refractivity contribution in [2.75, 3.05) is 37.7 Å². The van der Waals surface area contributed by atoms with Gasteiger partial charge in [-0.05, 0) is 36.8 Å². The van der Waals surface area contributed by atoms with Gasteiger partial charge in [-0.15, -0.1) is 11.8 Å². The molecule has 160 valence electrons. The summed E-state index contributed by atoms with van der Waals surface area (Å²) in [7, 11) is -3.72. The predicted octanol–water partition coefficient (Wildman–Crippen LogP) is 3.89. The minimum Gasteiger partial charge on any atom is -0.379 e. The fourth-order valence-electron chi connectivity index (χ4n) is 3.61. The number of nitrogens with zero attached hydrogens (tertiary/aromatic N) is 2. The van der Waals surface area contributed by atoms with Gasteiger partial charge in [-0.1, -0.05) is 30.7 Å². The molecule has 0 saturated carbocycles. The van der Waals surface area contributed by atoms with Crippen molar-refractivity contribution in [2.45, 2.75) is 28.4 Å².